The van der Waals surface area contributed by atoms with Crippen LogP contribution in [0.4, 0.5) is 0 Å². The molecule has 2 heterocycles. The molecule has 126 valence electrons. The van der Waals surface area contributed by atoms with Gasteiger partial charge in [0.15, 0.2) is 0 Å². The minimum Gasteiger partial charge on any atom is -0.322 e. The van der Waals surface area contributed by atoms with E-state index in [2.05, 4.69) is 27.9 Å². The maximum Gasteiger partial charge on any atom is 0.255 e. The zero-order chi connectivity index (χ0) is 17.6. The second-order valence-corrected chi connectivity index (χ2v) is 7.30. The summed E-state index contributed by atoms with van der Waals surface area (Å²) in [7, 11) is 0. The summed E-state index contributed by atoms with van der Waals surface area (Å²) in [5.41, 5.74) is 3.78. The largest absolute Gasteiger partial charge is 0.322 e. The molecule has 2 aromatic rings. The number of carbonyl (C=O) groups is 3. The van der Waals surface area contributed by atoms with Gasteiger partial charge in [-0.15, -0.1) is 0 Å². The molecule has 2 aliphatic heterocycles. The lowest BCUT2D eigenvalue weighted by atomic mass is 10.0. The third-order valence-electron chi connectivity index (χ3n) is 4.73. The highest BCUT2D eigenvalue weighted by molar-refractivity contribution is 14.1. The standard InChI is InChI=1S/C19H15IN2O3/c20-17-12(11-4-2-1-3-5-11)6-7-13-14(17)10-22(19(13)25)15-8-9-16(23)21-18(15)24/h1-7,15H,8-10H2,(H,21,23,24). The van der Waals surface area contributed by atoms with Gasteiger partial charge in [0.2, 0.25) is 11.8 Å². The van der Waals surface area contributed by atoms with Gasteiger partial charge in [0.25, 0.3) is 5.91 Å². The Morgan fingerprint density at radius 1 is 1.00 bits per heavy atom. The Morgan fingerprint density at radius 2 is 1.72 bits per heavy atom. The molecule has 0 spiro atoms. The number of fused-ring (bicyclic) bond motifs is 1. The van der Waals surface area contributed by atoms with Crippen molar-refractivity contribution in [3.63, 3.8) is 0 Å². The van der Waals surface area contributed by atoms with Crippen LogP contribution < -0.4 is 5.32 Å². The maximum atomic E-state index is 12.8. The molecule has 6 heteroatoms. The minimum atomic E-state index is -0.575. The van der Waals surface area contributed by atoms with Crippen molar-refractivity contribution < 1.29 is 14.4 Å². The Morgan fingerprint density at radius 3 is 2.44 bits per heavy atom. The van der Waals surface area contributed by atoms with E-state index in [1.165, 1.54) is 0 Å². The van der Waals surface area contributed by atoms with E-state index in [1.807, 2.05) is 42.5 Å². The van der Waals surface area contributed by atoms with Crippen LogP contribution in [0, 0.1) is 3.57 Å². The summed E-state index contributed by atoms with van der Waals surface area (Å²) in [6, 6.07) is 13.2. The molecule has 2 aromatic carbocycles. The predicted molar refractivity (Wildman–Crippen MR) is 101 cm³/mol. The second-order valence-electron chi connectivity index (χ2n) is 6.22. The number of rotatable bonds is 2. The van der Waals surface area contributed by atoms with E-state index in [-0.39, 0.29) is 24.1 Å². The monoisotopic (exact) mass is 446 g/mol. The zero-order valence-corrected chi connectivity index (χ0v) is 15.4. The van der Waals surface area contributed by atoms with Crippen molar-refractivity contribution in [2.75, 3.05) is 0 Å². The van der Waals surface area contributed by atoms with Crippen LogP contribution in [0.2, 0.25) is 0 Å². The number of benzene rings is 2. The normalized spacial score (nSPS) is 19.8. The highest BCUT2D eigenvalue weighted by Gasteiger charge is 2.40. The molecule has 1 unspecified atom stereocenters. The fourth-order valence-corrected chi connectivity index (χ4v) is 4.40. The van der Waals surface area contributed by atoms with Crippen LogP contribution in [0.3, 0.4) is 0 Å². The van der Waals surface area contributed by atoms with Gasteiger partial charge in [-0.3, -0.25) is 19.7 Å². The number of amides is 3. The Kier molecular flexibility index (Phi) is 4.07. The average Bonchev–Trinajstić information content (AvgIpc) is 2.94. The van der Waals surface area contributed by atoms with E-state index in [4.69, 9.17) is 0 Å². The van der Waals surface area contributed by atoms with Gasteiger partial charge in [-0.2, -0.15) is 0 Å². The number of nitrogens with one attached hydrogen (secondary N) is 1. The first-order valence-corrected chi connectivity index (χ1v) is 9.15. The summed E-state index contributed by atoms with van der Waals surface area (Å²) in [6.45, 7) is 0.402. The van der Waals surface area contributed by atoms with Crippen molar-refractivity contribution in [3.8, 4) is 11.1 Å². The van der Waals surface area contributed by atoms with Crippen LogP contribution in [0.5, 0.6) is 0 Å². The van der Waals surface area contributed by atoms with Crippen LogP contribution in [0.15, 0.2) is 42.5 Å². The molecule has 5 nitrogen and oxygen atoms in total. The van der Waals surface area contributed by atoms with Crippen LogP contribution in [0.25, 0.3) is 11.1 Å². The molecule has 0 bridgehead atoms. The topological polar surface area (TPSA) is 66.5 Å². The molecule has 2 aliphatic rings. The Bertz CT molecular complexity index is 895. The number of nitrogens with zero attached hydrogens (tertiary/aromatic N) is 1. The van der Waals surface area contributed by atoms with Gasteiger partial charge in [0.05, 0.1) is 0 Å². The number of hydrogen-bond acceptors (Lipinski definition) is 3. The molecule has 3 amide bonds. The summed E-state index contributed by atoms with van der Waals surface area (Å²) >= 11 is 2.28. The first kappa shape index (κ1) is 16.3. The van der Waals surface area contributed by atoms with Crippen LogP contribution in [-0.4, -0.2) is 28.7 Å². The van der Waals surface area contributed by atoms with E-state index >= 15 is 0 Å². The SMILES string of the molecule is O=C1CCC(N2Cc3c(ccc(-c4ccccc4)c3I)C2=O)C(=O)N1. The zero-order valence-electron chi connectivity index (χ0n) is 13.3. The summed E-state index contributed by atoms with van der Waals surface area (Å²) in [5.74, 6) is -0.788. The third kappa shape index (κ3) is 2.74. The van der Waals surface area contributed by atoms with E-state index < -0.39 is 6.04 Å². The number of carbonyl (C=O) groups excluding carboxylic acids is 3. The lowest BCUT2D eigenvalue weighted by Crippen LogP contribution is -2.52. The smallest absolute Gasteiger partial charge is 0.255 e. The third-order valence-corrected chi connectivity index (χ3v) is 5.97. The van der Waals surface area contributed by atoms with Crippen molar-refractivity contribution in [1.29, 1.82) is 0 Å². The molecular weight excluding hydrogens is 431 g/mol. The van der Waals surface area contributed by atoms with E-state index in [1.54, 1.807) is 4.90 Å². The quantitative estimate of drug-likeness (QED) is 0.570. The summed E-state index contributed by atoms with van der Waals surface area (Å²) < 4.78 is 1.03. The van der Waals surface area contributed by atoms with Crippen LogP contribution >= 0.6 is 22.6 Å². The Hall–Kier alpha value is -2.22. The summed E-state index contributed by atoms with van der Waals surface area (Å²) in [4.78, 5) is 37.9. The average molecular weight is 446 g/mol. The van der Waals surface area contributed by atoms with E-state index in [9.17, 15) is 14.4 Å². The second kappa shape index (κ2) is 6.25. The van der Waals surface area contributed by atoms with Gasteiger partial charge >= 0.3 is 0 Å². The predicted octanol–water partition coefficient (Wildman–Crippen LogP) is 2.72. The van der Waals surface area contributed by atoms with Crippen LogP contribution in [-0.2, 0) is 16.1 Å². The first-order chi connectivity index (χ1) is 12.1. The Balaban J connectivity index is 1.69. The Labute approximate surface area is 158 Å². The molecule has 1 N–H and O–H groups in total. The van der Waals surface area contributed by atoms with Gasteiger partial charge in [0.1, 0.15) is 6.04 Å². The maximum absolute atomic E-state index is 12.8. The van der Waals surface area contributed by atoms with Crippen molar-refractivity contribution in [1.82, 2.24) is 10.2 Å². The molecule has 0 aliphatic carbocycles. The fraction of sp³-hybridized carbons (Fsp3) is 0.211. The molecule has 0 aromatic heterocycles. The fourth-order valence-electron chi connectivity index (χ4n) is 3.44. The lowest BCUT2D eigenvalue weighted by Gasteiger charge is -2.29. The van der Waals surface area contributed by atoms with Crippen molar-refractivity contribution in [2.45, 2.75) is 25.4 Å². The number of halogens is 1. The van der Waals surface area contributed by atoms with E-state index in [0.29, 0.717) is 18.5 Å². The molecule has 0 radical (unpaired) electrons. The highest BCUT2D eigenvalue weighted by Crippen LogP contribution is 2.36. The molecule has 4 rings (SSSR count). The number of imide groups is 1. The minimum absolute atomic E-state index is 0.137. The highest BCUT2D eigenvalue weighted by atomic mass is 127. The summed E-state index contributed by atoms with van der Waals surface area (Å²) in [6.07, 6.45) is 0.648. The number of piperidine rings is 1. The molecule has 25 heavy (non-hydrogen) atoms. The van der Waals surface area contributed by atoms with Gasteiger partial charge < -0.3 is 4.90 Å². The van der Waals surface area contributed by atoms with Crippen LogP contribution in [0.1, 0.15) is 28.8 Å². The lowest BCUT2D eigenvalue weighted by molar-refractivity contribution is -0.136. The van der Waals surface area contributed by atoms with E-state index in [0.717, 1.165) is 20.3 Å². The first-order valence-electron chi connectivity index (χ1n) is 8.07. The van der Waals surface area contributed by atoms with Crippen molar-refractivity contribution >= 4 is 40.3 Å². The van der Waals surface area contributed by atoms with Gasteiger partial charge in [-0.05, 0) is 51.8 Å². The van der Waals surface area contributed by atoms with Gasteiger partial charge in [-0.25, -0.2) is 0 Å². The van der Waals surface area contributed by atoms with Crippen molar-refractivity contribution in [3.05, 3.63) is 57.2 Å². The molecule has 1 saturated heterocycles. The summed E-state index contributed by atoms with van der Waals surface area (Å²) in [5, 5.41) is 2.33. The van der Waals surface area contributed by atoms with Crippen molar-refractivity contribution in [2.24, 2.45) is 0 Å². The molecule has 0 saturated carbocycles. The molecule has 1 fully saturated rings. The number of hydrogen-bond donors (Lipinski definition) is 1. The van der Waals surface area contributed by atoms with Gasteiger partial charge in [0, 0.05) is 22.1 Å². The molecule has 1 atom stereocenters. The van der Waals surface area contributed by atoms with Gasteiger partial charge in [-0.1, -0.05) is 36.4 Å². The molecular formula is C19H15IN2O3.